The van der Waals surface area contributed by atoms with Gasteiger partial charge in [0, 0.05) is 7.05 Å². The van der Waals surface area contributed by atoms with Crippen molar-refractivity contribution in [2.75, 3.05) is 0 Å². The predicted molar refractivity (Wildman–Crippen MR) is 51.8 cm³/mol. The van der Waals surface area contributed by atoms with Crippen molar-refractivity contribution in [1.82, 2.24) is 4.57 Å². The first-order valence-electron chi connectivity index (χ1n) is 3.85. The van der Waals surface area contributed by atoms with Crippen LogP contribution in [0.1, 0.15) is 5.56 Å². The molecule has 13 heavy (non-hydrogen) atoms. The lowest BCUT2D eigenvalue weighted by Crippen LogP contribution is -2.06. The maximum absolute atomic E-state index is 13.1. The first-order chi connectivity index (χ1) is 6.09. The minimum absolute atomic E-state index is 0.0556. The molecule has 0 atom stereocenters. The Morgan fingerprint density at radius 3 is 2.85 bits per heavy atom. The van der Waals surface area contributed by atoms with Crippen LogP contribution in [0.4, 0.5) is 4.39 Å². The number of fused-ring (bicyclic) bond motifs is 1. The number of rotatable bonds is 0. The summed E-state index contributed by atoms with van der Waals surface area (Å²) in [4.78, 5) is 11.2. The summed E-state index contributed by atoms with van der Waals surface area (Å²) in [6, 6.07) is 3.11. The van der Waals surface area contributed by atoms with Crippen molar-refractivity contribution in [2.24, 2.45) is 7.05 Å². The van der Waals surface area contributed by atoms with Gasteiger partial charge in [0.25, 0.3) is 0 Å². The lowest BCUT2D eigenvalue weighted by Gasteiger charge is -1.97. The van der Waals surface area contributed by atoms with Crippen LogP contribution < -0.4 is 4.87 Å². The third-order valence-electron chi connectivity index (χ3n) is 2.07. The molecule has 1 heterocycles. The molecule has 1 aromatic heterocycles. The fourth-order valence-corrected chi connectivity index (χ4v) is 2.14. The van der Waals surface area contributed by atoms with Gasteiger partial charge in [-0.2, -0.15) is 0 Å². The van der Waals surface area contributed by atoms with Crippen molar-refractivity contribution in [3.8, 4) is 0 Å². The number of hydrogen-bond donors (Lipinski definition) is 0. The minimum Gasteiger partial charge on any atom is -0.302 e. The fraction of sp³-hybridized carbons (Fsp3) is 0.222. The number of benzene rings is 1. The van der Waals surface area contributed by atoms with Crippen LogP contribution in [0.15, 0.2) is 16.9 Å². The molecule has 0 unspecified atom stereocenters. The molecule has 0 saturated heterocycles. The van der Waals surface area contributed by atoms with Crippen molar-refractivity contribution >= 4 is 21.6 Å². The molecule has 0 radical (unpaired) electrons. The second-order valence-electron chi connectivity index (χ2n) is 3.00. The largest absolute Gasteiger partial charge is 0.307 e. The van der Waals surface area contributed by atoms with Gasteiger partial charge in [0.1, 0.15) is 5.82 Å². The molecule has 2 aromatic rings. The second kappa shape index (κ2) is 2.67. The molecule has 68 valence electrons. The second-order valence-corrected chi connectivity index (χ2v) is 3.99. The van der Waals surface area contributed by atoms with E-state index in [1.54, 1.807) is 20.0 Å². The Bertz CT molecular complexity index is 526. The van der Waals surface area contributed by atoms with Crippen LogP contribution in [0.3, 0.4) is 0 Å². The maximum Gasteiger partial charge on any atom is 0.307 e. The first kappa shape index (κ1) is 8.44. The molecule has 0 saturated carbocycles. The molecule has 4 heteroatoms. The van der Waals surface area contributed by atoms with Crippen LogP contribution in [0.25, 0.3) is 10.2 Å². The summed E-state index contributed by atoms with van der Waals surface area (Å²) >= 11 is 1.07. The van der Waals surface area contributed by atoms with Crippen LogP contribution in [-0.2, 0) is 7.05 Å². The molecule has 0 spiro atoms. The zero-order valence-corrected chi connectivity index (χ0v) is 8.11. The maximum atomic E-state index is 13.1. The Kier molecular flexibility index (Phi) is 1.73. The first-order valence-corrected chi connectivity index (χ1v) is 4.67. The van der Waals surface area contributed by atoms with Gasteiger partial charge in [0.2, 0.25) is 0 Å². The molecule has 0 fully saturated rings. The quantitative estimate of drug-likeness (QED) is 0.633. The van der Waals surface area contributed by atoms with Crippen molar-refractivity contribution in [1.29, 1.82) is 0 Å². The topological polar surface area (TPSA) is 22.0 Å². The highest BCUT2D eigenvalue weighted by Gasteiger charge is 2.06. The van der Waals surface area contributed by atoms with E-state index >= 15 is 0 Å². The fourth-order valence-electron chi connectivity index (χ4n) is 1.25. The highest BCUT2D eigenvalue weighted by molar-refractivity contribution is 7.16. The highest BCUT2D eigenvalue weighted by atomic mass is 32.1. The molecular weight excluding hydrogens is 189 g/mol. The van der Waals surface area contributed by atoms with E-state index in [0.717, 1.165) is 16.9 Å². The molecule has 0 aliphatic heterocycles. The zero-order valence-electron chi connectivity index (χ0n) is 7.30. The third kappa shape index (κ3) is 1.18. The standard InChI is InChI=1S/C9H8FNOS/c1-5-3-7-8(4-6(5)10)13-9(12)11(7)2/h3-4H,1-2H3. The molecule has 2 rings (SSSR count). The SMILES string of the molecule is Cc1cc2c(cc1F)sc(=O)n2C. The van der Waals surface area contributed by atoms with Gasteiger partial charge in [-0.15, -0.1) is 0 Å². The van der Waals surface area contributed by atoms with E-state index in [1.165, 1.54) is 10.6 Å². The highest BCUT2D eigenvalue weighted by Crippen LogP contribution is 2.20. The van der Waals surface area contributed by atoms with Crippen LogP contribution in [-0.4, -0.2) is 4.57 Å². The molecule has 1 aromatic carbocycles. The summed E-state index contributed by atoms with van der Waals surface area (Å²) in [6.45, 7) is 1.69. The molecule has 0 amide bonds. The molecule has 0 aliphatic rings. The smallest absolute Gasteiger partial charge is 0.302 e. The number of nitrogens with zero attached hydrogens (tertiary/aromatic N) is 1. The molecule has 0 N–H and O–H groups in total. The van der Waals surface area contributed by atoms with Gasteiger partial charge in [-0.1, -0.05) is 11.3 Å². The van der Waals surface area contributed by atoms with E-state index < -0.39 is 0 Å². The van der Waals surface area contributed by atoms with Crippen molar-refractivity contribution in [3.05, 3.63) is 33.2 Å². The Labute approximate surface area is 78.2 Å². The van der Waals surface area contributed by atoms with Crippen LogP contribution in [0.2, 0.25) is 0 Å². The van der Waals surface area contributed by atoms with Crippen molar-refractivity contribution in [2.45, 2.75) is 6.92 Å². The number of thiazole rings is 1. The third-order valence-corrected chi connectivity index (χ3v) is 3.07. The Morgan fingerprint density at radius 2 is 2.15 bits per heavy atom. The Morgan fingerprint density at radius 1 is 1.46 bits per heavy atom. The van der Waals surface area contributed by atoms with E-state index in [1.807, 2.05) is 0 Å². The normalized spacial score (nSPS) is 11.0. The van der Waals surface area contributed by atoms with Gasteiger partial charge >= 0.3 is 4.87 Å². The van der Waals surface area contributed by atoms with E-state index in [0.29, 0.717) is 10.3 Å². The number of aryl methyl sites for hydroxylation is 2. The Balaban J connectivity index is 2.97. The summed E-state index contributed by atoms with van der Waals surface area (Å²) in [5, 5.41) is 0. The minimum atomic E-state index is -0.255. The molecule has 2 nitrogen and oxygen atoms in total. The van der Waals surface area contributed by atoms with Gasteiger partial charge in [0.15, 0.2) is 0 Å². The average Bonchev–Trinajstić information content (AvgIpc) is 2.32. The predicted octanol–water partition coefficient (Wildman–Crippen LogP) is 2.05. The summed E-state index contributed by atoms with van der Waals surface area (Å²) in [7, 11) is 1.69. The summed E-state index contributed by atoms with van der Waals surface area (Å²) < 4.78 is 15.3. The summed E-state index contributed by atoms with van der Waals surface area (Å²) in [5.41, 5.74) is 1.37. The average molecular weight is 197 g/mol. The van der Waals surface area contributed by atoms with Gasteiger partial charge in [-0.3, -0.25) is 4.79 Å². The lowest BCUT2D eigenvalue weighted by molar-refractivity contribution is 0.620. The van der Waals surface area contributed by atoms with Gasteiger partial charge in [-0.05, 0) is 24.6 Å². The van der Waals surface area contributed by atoms with Crippen LogP contribution in [0.5, 0.6) is 0 Å². The Hall–Kier alpha value is -1.16. The van der Waals surface area contributed by atoms with E-state index in [-0.39, 0.29) is 10.7 Å². The van der Waals surface area contributed by atoms with E-state index in [4.69, 9.17) is 0 Å². The van der Waals surface area contributed by atoms with E-state index in [9.17, 15) is 9.18 Å². The zero-order chi connectivity index (χ0) is 9.59. The van der Waals surface area contributed by atoms with E-state index in [2.05, 4.69) is 0 Å². The van der Waals surface area contributed by atoms with Gasteiger partial charge in [0.05, 0.1) is 10.2 Å². The summed E-state index contributed by atoms with van der Waals surface area (Å²) in [5.74, 6) is -0.255. The van der Waals surface area contributed by atoms with Crippen LogP contribution in [0, 0.1) is 12.7 Å². The summed E-state index contributed by atoms with van der Waals surface area (Å²) in [6.07, 6.45) is 0. The number of hydrogen-bond acceptors (Lipinski definition) is 2. The van der Waals surface area contributed by atoms with Crippen molar-refractivity contribution in [3.63, 3.8) is 0 Å². The number of halogens is 1. The van der Waals surface area contributed by atoms with Crippen LogP contribution >= 0.6 is 11.3 Å². The number of aromatic nitrogens is 1. The van der Waals surface area contributed by atoms with Gasteiger partial charge in [-0.25, -0.2) is 4.39 Å². The van der Waals surface area contributed by atoms with Crippen molar-refractivity contribution < 1.29 is 4.39 Å². The molecule has 0 bridgehead atoms. The molecule has 0 aliphatic carbocycles. The van der Waals surface area contributed by atoms with Gasteiger partial charge < -0.3 is 4.57 Å². The lowest BCUT2D eigenvalue weighted by atomic mass is 10.2. The monoisotopic (exact) mass is 197 g/mol. The molecular formula is C9H8FNOS.